The lowest BCUT2D eigenvalue weighted by atomic mass is 10.2. The number of nitrogens with one attached hydrogen (secondary N) is 1. The predicted molar refractivity (Wildman–Crippen MR) is 130 cm³/mol. The Morgan fingerprint density at radius 2 is 1.58 bits per heavy atom. The van der Waals surface area contributed by atoms with Crippen LogP contribution in [-0.2, 0) is 10.0 Å². The molecule has 1 aromatic heterocycles. The van der Waals surface area contributed by atoms with E-state index in [4.69, 9.17) is 21.1 Å². The average molecular weight is 489 g/mol. The molecule has 1 fully saturated rings. The maximum Gasteiger partial charge on any atom is 0.262 e. The Bertz CT molecular complexity index is 1220. The van der Waals surface area contributed by atoms with E-state index in [9.17, 15) is 8.42 Å². The minimum atomic E-state index is -3.87. The van der Waals surface area contributed by atoms with Crippen LogP contribution >= 0.6 is 11.6 Å². The molecule has 0 bridgehead atoms. The largest absolute Gasteiger partial charge is 0.493 e. The number of halogens is 1. The lowest BCUT2D eigenvalue weighted by molar-refractivity contribution is 0.354. The summed E-state index contributed by atoms with van der Waals surface area (Å²) in [5, 5.41) is 0.385. The van der Waals surface area contributed by atoms with E-state index in [0.717, 1.165) is 26.2 Å². The lowest BCUT2D eigenvalue weighted by Gasteiger charge is -2.37. The third-order valence-electron chi connectivity index (χ3n) is 5.44. The van der Waals surface area contributed by atoms with Gasteiger partial charge in [-0.25, -0.2) is 13.4 Å². The van der Waals surface area contributed by atoms with Crippen molar-refractivity contribution in [1.29, 1.82) is 0 Å². The van der Waals surface area contributed by atoms with Crippen LogP contribution in [0.15, 0.2) is 65.7 Å². The second-order valence-corrected chi connectivity index (χ2v) is 9.55. The minimum Gasteiger partial charge on any atom is -0.493 e. The van der Waals surface area contributed by atoms with E-state index in [1.807, 2.05) is 18.2 Å². The number of hydrogen-bond donors (Lipinski definition) is 1. The van der Waals surface area contributed by atoms with Crippen molar-refractivity contribution in [3.05, 3.63) is 65.8 Å². The number of methoxy groups -OCH3 is 2. The predicted octanol–water partition coefficient (Wildman–Crippen LogP) is 3.88. The molecule has 8 nitrogen and oxygen atoms in total. The number of pyridine rings is 1. The highest BCUT2D eigenvalue weighted by molar-refractivity contribution is 7.92. The Morgan fingerprint density at radius 3 is 2.21 bits per heavy atom. The number of rotatable bonds is 7. The smallest absolute Gasteiger partial charge is 0.262 e. The molecule has 0 atom stereocenters. The van der Waals surface area contributed by atoms with Crippen LogP contribution in [0, 0.1) is 0 Å². The average Bonchev–Trinajstić information content (AvgIpc) is 2.84. The van der Waals surface area contributed by atoms with Crippen molar-refractivity contribution in [2.75, 3.05) is 54.9 Å². The van der Waals surface area contributed by atoms with Gasteiger partial charge in [0.1, 0.15) is 5.82 Å². The first kappa shape index (κ1) is 23.0. The van der Waals surface area contributed by atoms with Crippen LogP contribution in [0.1, 0.15) is 0 Å². The topological polar surface area (TPSA) is 84.0 Å². The maximum absolute atomic E-state index is 12.8. The van der Waals surface area contributed by atoms with Crippen LogP contribution in [0.3, 0.4) is 0 Å². The van der Waals surface area contributed by atoms with E-state index in [1.54, 1.807) is 6.07 Å². The van der Waals surface area contributed by atoms with Gasteiger partial charge in [0.05, 0.1) is 36.0 Å². The molecule has 1 saturated heterocycles. The first-order valence-corrected chi connectivity index (χ1v) is 12.2. The zero-order valence-electron chi connectivity index (χ0n) is 18.4. The van der Waals surface area contributed by atoms with E-state index in [1.165, 1.54) is 44.3 Å². The van der Waals surface area contributed by atoms with Gasteiger partial charge >= 0.3 is 0 Å². The lowest BCUT2D eigenvalue weighted by Crippen LogP contribution is -2.46. The highest BCUT2D eigenvalue weighted by atomic mass is 35.5. The molecule has 3 aromatic rings. The molecule has 174 valence electrons. The standard InChI is InChI=1S/C23H25ClN4O4S/c1-31-21-9-8-19(15-22(21)32-2)33(29,30)26-17-14-20(24)23(25-16-17)28-12-10-27(11-13-28)18-6-4-3-5-7-18/h3-9,14-16,26H,10-13H2,1-2H3. The van der Waals surface area contributed by atoms with Crippen molar-refractivity contribution < 1.29 is 17.9 Å². The van der Waals surface area contributed by atoms with Gasteiger partial charge < -0.3 is 19.3 Å². The first-order valence-electron chi connectivity index (χ1n) is 10.4. The molecule has 1 aliphatic heterocycles. The molecular formula is C23H25ClN4O4S. The van der Waals surface area contributed by atoms with Crippen molar-refractivity contribution in [2.24, 2.45) is 0 Å². The number of piperazine rings is 1. The van der Waals surface area contributed by atoms with Gasteiger partial charge in [-0.1, -0.05) is 29.8 Å². The molecule has 2 heterocycles. The third-order valence-corrected chi connectivity index (χ3v) is 7.10. The number of ether oxygens (including phenoxy) is 2. The summed E-state index contributed by atoms with van der Waals surface area (Å²) in [5.41, 5.74) is 1.47. The molecular weight excluding hydrogens is 464 g/mol. The molecule has 0 aliphatic carbocycles. The molecule has 1 aliphatic rings. The fourth-order valence-electron chi connectivity index (χ4n) is 3.73. The van der Waals surface area contributed by atoms with Gasteiger partial charge in [0.2, 0.25) is 0 Å². The fraction of sp³-hybridized carbons (Fsp3) is 0.261. The van der Waals surface area contributed by atoms with Crippen LogP contribution in [0.2, 0.25) is 5.02 Å². The second-order valence-electron chi connectivity index (χ2n) is 7.46. The highest BCUT2D eigenvalue weighted by Crippen LogP contribution is 2.32. The zero-order valence-corrected chi connectivity index (χ0v) is 19.9. The zero-order chi connectivity index (χ0) is 23.4. The summed E-state index contributed by atoms with van der Waals surface area (Å²) >= 11 is 6.49. The molecule has 10 heteroatoms. The number of para-hydroxylation sites is 1. The van der Waals surface area contributed by atoms with E-state index in [-0.39, 0.29) is 10.6 Å². The molecule has 1 N–H and O–H groups in total. The summed E-state index contributed by atoms with van der Waals surface area (Å²) in [4.78, 5) is 8.90. The number of hydrogen-bond acceptors (Lipinski definition) is 7. The van der Waals surface area contributed by atoms with Gasteiger partial charge in [0, 0.05) is 37.9 Å². The van der Waals surface area contributed by atoms with Crippen molar-refractivity contribution in [3.63, 3.8) is 0 Å². The summed E-state index contributed by atoms with van der Waals surface area (Å²) in [5.74, 6) is 1.40. The Balaban J connectivity index is 1.46. The van der Waals surface area contributed by atoms with E-state index < -0.39 is 10.0 Å². The van der Waals surface area contributed by atoms with Crippen molar-refractivity contribution in [2.45, 2.75) is 4.90 Å². The highest BCUT2D eigenvalue weighted by Gasteiger charge is 2.22. The quantitative estimate of drug-likeness (QED) is 0.540. The van der Waals surface area contributed by atoms with Crippen LogP contribution in [0.4, 0.5) is 17.2 Å². The molecule has 33 heavy (non-hydrogen) atoms. The molecule has 0 spiro atoms. The SMILES string of the molecule is COc1ccc(S(=O)(=O)Nc2cnc(N3CCN(c4ccccc4)CC3)c(Cl)c2)cc1OC. The number of sulfonamides is 1. The van der Waals surface area contributed by atoms with Crippen LogP contribution in [-0.4, -0.2) is 53.8 Å². The van der Waals surface area contributed by atoms with Gasteiger partial charge in [0.15, 0.2) is 11.5 Å². The van der Waals surface area contributed by atoms with E-state index in [0.29, 0.717) is 22.3 Å². The summed E-state index contributed by atoms with van der Waals surface area (Å²) in [6.07, 6.45) is 1.48. The molecule has 4 rings (SSSR count). The van der Waals surface area contributed by atoms with Crippen LogP contribution < -0.4 is 24.0 Å². The normalized spacial score (nSPS) is 14.2. The van der Waals surface area contributed by atoms with Crippen molar-refractivity contribution >= 4 is 38.8 Å². The Hall–Kier alpha value is -3.17. The number of anilines is 3. The maximum atomic E-state index is 12.8. The number of benzene rings is 2. The van der Waals surface area contributed by atoms with E-state index >= 15 is 0 Å². The monoisotopic (exact) mass is 488 g/mol. The van der Waals surface area contributed by atoms with Gasteiger partial charge in [-0.3, -0.25) is 4.72 Å². The van der Waals surface area contributed by atoms with Crippen molar-refractivity contribution in [3.8, 4) is 11.5 Å². The fourth-order valence-corrected chi connectivity index (χ4v) is 5.07. The Kier molecular flexibility index (Phi) is 6.80. The van der Waals surface area contributed by atoms with Crippen LogP contribution in [0.5, 0.6) is 11.5 Å². The van der Waals surface area contributed by atoms with Gasteiger partial charge in [-0.05, 0) is 30.3 Å². The molecule has 0 saturated carbocycles. The van der Waals surface area contributed by atoms with Crippen LogP contribution in [0.25, 0.3) is 0 Å². The number of nitrogens with zero attached hydrogens (tertiary/aromatic N) is 3. The minimum absolute atomic E-state index is 0.0392. The first-order chi connectivity index (χ1) is 15.9. The summed E-state index contributed by atoms with van der Waals surface area (Å²) in [7, 11) is -0.932. The summed E-state index contributed by atoms with van der Waals surface area (Å²) in [6, 6.07) is 16.2. The third kappa shape index (κ3) is 5.09. The summed E-state index contributed by atoms with van der Waals surface area (Å²) in [6.45, 7) is 3.21. The Labute approximate surface area is 198 Å². The molecule has 0 radical (unpaired) electrons. The molecule has 0 amide bonds. The van der Waals surface area contributed by atoms with E-state index in [2.05, 4.69) is 31.6 Å². The van der Waals surface area contributed by atoms with Gasteiger partial charge in [-0.2, -0.15) is 0 Å². The number of aromatic nitrogens is 1. The second kappa shape index (κ2) is 9.76. The van der Waals surface area contributed by atoms with Gasteiger partial charge in [-0.15, -0.1) is 0 Å². The van der Waals surface area contributed by atoms with Gasteiger partial charge in [0.25, 0.3) is 10.0 Å². The Morgan fingerprint density at radius 1 is 0.909 bits per heavy atom. The van der Waals surface area contributed by atoms with Crippen molar-refractivity contribution in [1.82, 2.24) is 4.98 Å². The summed E-state index contributed by atoms with van der Waals surface area (Å²) < 4.78 is 38.6. The molecule has 2 aromatic carbocycles. The molecule has 0 unspecified atom stereocenters.